The average Bonchev–Trinajstić information content (AvgIpc) is 3.13. The number of aromatic hydroxyl groups is 1. The molecular weight excluding hydrogens is 406 g/mol. The number of aldehydes is 1. The van der Waals surface area contributed by atoms with Crippen LogP contribution in [0.4, 0.5) is 11.8 Å². The molecule has 4 rings (SSSR count). The van der Waals surface area contributed by atoms with E-state index in [4.69, 9.17) is 10.7 Å². The minimum atomic E-state index is -0.371. The van der Waals surface area contributed by atoms with E-state index in [1.807, 2.05) is 36.9 Å². The zero-order chi connectivity index (χ0) is 23.0. The molecule has 9 nitrogen and oxygen atoms in total. The highest BCUT2D eigenvalue weighted by Crippen LogP contribution is 2.34. The zero-order valence-corrected chi connectivity index (χ0v) is 17.8. The summed E-state index contributed by atoms with van der Waals surface area (Å²) in [6.07, 6.45) is 2.53. The minimum Gasteiger partial charge on any atom is -0.507 e. The van der Waals surface area contributed by atoms with Crippen molar-refractivity contribution >= 4 is 29.1 Å². The van der Waals surface area contributed by atoms with Crippen molar-refractivity contribution in [3.05, 3.63) is 59.0 Å². The maximum absolute atomic E-state index is 11.4. The van der Waals surface area contributed by atoms with Gasteiger partial charge in [0.15, 0.2) is 6.29 Å². The van der Waals surface area contributed by atoms with E-state index in [9.17, 15) is 15.2 Å². The number of carbonyl (C=O) groups is 1. The molecule has 0 bridgehead atoms. The summed E-state index contributed by atoms with van der Waals surface area (Å²) >= 11 is 0. The summed E-state index contributed by atoms with van der Waals surface area (Å²) in [6.45, 7) is 3.60. The number of nitrogens with one attached hydrogen (secondary N) is 1. The molecule has 9 heteroatoms. The lowest BCUT2D eigenvalue weighted by Gasteiger charge is -2.20. The number of nitriles is 1. The van der Waals surface area contributed by atoms with Crippen LogP contribution in [-0.2, 0) is 7.05 Å². The van der Waals surface area contributed by atoms with Gasteiger partial charge in [-0.15, -0.1) is 0 Å². The van der Waals surface area contributed by atoms with Crippen LogP contribution < -0.4 is 11.1 Å². The maximum Gasteiger partial charge on any atom is 0.222 e. The summed E-state index contributed by atoms with van der Waals surface area (Å²) in [4.78, 5) is 24.5. The SMILES string of the molecule is Cc1nc(N)nc(NC(C)c2nc3ccn(C)c3cc2-c2ccc(O)c(C=O)c2)c1C#N. The van der Waals surface area contributed by atoms with E-state index in [1.54, 1.807) is 19.1 Å². The molecule has 0 amide bonds. The lowest BCUT2D eigenvalue weighted by Crippen LogP contribution is -2.14. The van der Waals surface area contributed by atoms with Gasteiger partial charge < -0.3 is 20.7 Å². The summed E-state index contributed by atoms with van der Waals surface area (Å²) in [6, 6.07) is 10.5. The van der Waals surface area contributed by atoms with Crippen molar-refractivity contribution in [2.75, 3.05) is 11.1 Å². The largest absolute Gasteiger partial charge is 0.507 e. The monoisotopic (exact) mass is 427 g/mol. The third kappa shape index (κ3) is 3.58. The number of nitrogens with two attached hydrogens (primary N) is 1. The second kappa shape index (κ2) is 8.00. The zero-order valence-electron chi connectivity index (χ0n) is 17.8. The Morgan fingerprint density at radius 3 is 2.75 bits per heavy atom. The Kier molecular flexibility index (Phi) is 5.20. The van der Waals surface area contributed by atoms with Gasteiger partial charge in [-0.25, -0.2) is 9.97 Å². The molecule has 1 unspecified atom stereocenters. The van der Waals surface area contributed by atoms with Crippen LogP contribution in [0.25, 0.3) is 22.2 Å². The number of phenolic OH excluding ortho intramolecular Hbond substituents is 1. The van der Waals surface area contributed by atoms with Gasteiger partial charge in [-0.3, -0.25) is 4.79 Å². The van der Waals surface area contributed by atoms with Crippen LogP contribution in [0.15, 0.2) is 36.5 Å². The topological polar surface area (TPSA) is 143 Å². The molecule has 0 fully saturated rings. The number of fused-ring (bicyclic) bond motifs is 1. The Labute approximate surface area is 184 Å². The van der Waals surface area contributed by atoms with Crippen LogP contribution in [0, 0.1) is 18.3 Å². The first-order chi connectivity index (χ1) is 15.3. The van der Waals surface area contributed by atoms with Crippen molar-refractivity contribution in [1.82, 2.24) is 19.5 Å². The highest BCUT2D eigenvalue weighted by molar-refractivity contribution is 5.87. The van der Waals surface area contributed by atoms with Crippen LogP contribution in [0.2, 0.25) is 0 Å². The minimum absolute atomic E-state index is 0.0667. The number of nitrogens with zero attached hydrogens (tertiary/aromatic N) is 5. The van der Waals surface area contributed by atoms with Crippen LogP contribution >= 0.6 is 0 Å². The molecule has 0 radical (unpaired) electrons. The summed E-state index contributed by atoms with van der Waals surface area (Å²) < 4.78 is 1.96. The van der Waals surface area contributed by atoms with Crippen LogP contribution in [0.3, 0.4) is 0 Å². The second-order valence-corrected chi connectivity index (χ2v) is 7.51. The molecule has 1 atom stereocenters. The number of anilines is 2. The number of pyridine rings is 1. The fourth-order valence-corrected chi connectivity index (χ4v) is 3.68. The van der Waals surface area contributed by atoms with Gasteiger partial charge in [0.2, 0.25) is 5.95 Å². The molecule has 3 heterocycles. The number of hydrogen-bond donors (Lipinski definition) is 3. The fraction of sp³-hybridized carbons (Fsp3) is 0.174. The first kappa shape index (κ1) is 20.8. The lowest BCUT2D eigenvalue weighted by molar-refractivity contribution is 0.112. The molecule has 0 saturated heterocycles. The number of phenols is 1. The normalized spacial score (nSPS) is 11.8. The lowest BCUT2D eigenvalue weighted by atomic mass is 9.97. The quantitative estimate of drug-likeness (QED) is 0.411. The third-order valence-electron chi connectivity index (χ3n) is 5.34. The van der Waals surface area contributed by atoms with Crippen molar-refractivity contribution in [3.8, 4) is 22.9 Å². The molecule has 160 valence electrons. The highest BCUT2D eigenvalue weighted by Gasteiger charge is 2.20. The van der Waals surface area contributed by atoms with Crippen molar-refractivity contribution in [1.29, 1.82) is 5.26 Å². The Bertz CT molecular complexity index is 1400. The summed E-state index contributed by atoms with van der Waals surface area (Å²) in [5.74, 6) is 0.303. The van der Waals surface area contributed by atoms with Gasteiger partial charge in [-0.05, 0) is 43.7 Å². The van der Waals surface area contributed by atoms with Crippen molar-refractivity contribution in [3.63, 3.8) is 0 Å². The van der Waals surface area contributed by atoms with E-state index in [0.717, 1.165) is 22.2 Å². The molecule has 32 heavy (non-hydrogen) atoms. The molecular formula is C23H21N7O2. The number of benzene rings is 1. The second-order valence-electron chi connectivity index (χ2n) is 7.51. The molecule has 0 aliphatic carbocycles. The van der Waals surface area contributed by atoms with Crippen LogP contribution in [0.5, 0.6) is 5.75 Å². The molecule has 3 aromatic heterocycles. The predicted octanol–water partition coefficient (Wildman–Crippen LogP) is 3.48. The Morgan fingerprint density at radius 2 is 2.03 bits per heavy atom. The molecule has 0 spiro atoms. The van der Waals surface area contributed by atoms with Crippen molar-refractivity contribution in [2.24, 2.45) is 7.05 Å². The van der Waals surface area contributed by atoms with Gasteiger partial charge in [0.05, 0.1) is 34.0 Å². The van der Waals surface area contributed by atoms with Gasteiger partial charge in [-0.1, -0.05) is 6.07 Å². The number of nitrogen functional groups attached to an aromatic ring is 1. The molecule has 4 N–H and O–H groups in total. The number of rotatable bonds is 5. The van der Waals surface area contributed by atoms with Crippen molar-refractivity contribution in [2.45, 2.75) is 19.9 Å². The van der Waals surface area contributed by atoms with E-state index < -0.39 is 0 Å². The van der Waals surface area contributed by atoms with E-state index in [0.29, 0.717) is 29.1 Å². The molecule has 0 saturated carbocycles. The third-order valence-corrected chi connectivity index (χ3v) is 5.34. The van der Waals surface area contributed by atoms with Gasteiger partial charge in [0.25, 0.3) is 0 Å². The number of aromatic nitrogens is 4. The highest BCUT2D eigenvalue weighted by atomic mass is 16.3. The maximum atomic E-state index is 11.4. The van der Waals surface area contributed by atoms with E-state index >= 15 is 0 Å². The molecule has 0 aliphatic rings. The molecule has 1 aromatic carbocycles. The van der Waals surface area contributed by atoms with Crippen LogP contribution in [-0.4, -0.2) is 30.9 Å². The van der Waals surface area contributed by atoms with Gasteiger partial charge in [-0.2, -0.15) is 10.2 Å². The molecule has 4 aromatic rings. The summed E-state index contributed by atoms with van der Waals surface area (Å²) in [5, 5.41) is 22.7. The van der Waals surface area contributed by atoms with Gasteiger partial charge >= 0.3 is 0 Å². The smallest absolute Gasteiger partial charge is 0.222 e. The Morgan fingerprint density at radius 1 is 1.25 bits per heavy atom. The van der Waals surface area contributed by atoms with E-state index in [2.05, 4.69) is 21.4 Å². The van der Waals surface area contributed by atoms with Crippen molar-refractivity contribution < 1.29 is 9.90 Å². The first-order valence-corrected chi connectivity index (χ1v) is 9.87. The Balaban J connectivity index is 1.88. The number of aryl methyl sites for hydroxylation is 2. The predicted molar refractivity (Wildman–Crippen MR) is 121 cm³/mol. The summed E-state index contributed by atoms with van der Waals surface area (Å²) in [5.41, 5.74) is 10.7. The van der Waals surface area contributed by atoms with Gasteiger partial charge in [0.1, 0.15) is 23.2 Å². The molecule has 0 aliphatic heterocycles. The van der Waals surface area contributed by atoms with E-state index in [-0.39, 0.29) is 23.3 Å². The van der Waals surface area contributed by atoms with E-state index in [1.165, 1.54) is 6.07 Å². The summed E-state index contributed by atoms with van der Waals surface area (Å²) in [7, 11) is 1.93. The van der Waals surface area contributed by atoms with Gasteiger partial charge in [0, 0.05) is 18.8 Å². The fourth-order valence-electron chi connectivity index (χ4n) is 3.68. The Hall–Kier alpha value is -4.45. The number of hydrogen-bond acceptors (Lipinski definition) is 8. The number of carbonyl (C=O) groups excluding carboxylic acids is 1. The first-order valence-electron chi connectivity index (χ1n) is 9.87. The van der Waals surface area contributed by atoms with Crippen LogP contribution in [0.1, 0.15) is 40.3 Å². The standard InChI is InChI=1S/C23H21N7O2/c1-12-17(10-24)22(29-23(25)27-12)26-13(2)21-16(9-19-18(28-21)6-7-30(19)3)14-4-5-20(32)15(8-14)11-31/h4-9,11,13,32H,1-3H3,(H3,25,26,27,29). The average molecular weight is 427 g/mol.